The first-order valence-electron chi connectivity index (χ1n) is 4.39. The highest BCUT2D eigenvalue weighted by molar-refractivity contribution is 6.42. The molecule has 3 heteroatoms. The normalized spacial score (nSPS) is 11.1. The van der Waals surface area contributed by atoms with Gasteiger partial charge in [-0.3, -0.25) is 0 Å². The van der Waals surface area contributed by atoms with E-state index in [-0.39, 0.29) is 0 Å². The Balaban J connectivity index is 2.55. The van der Waals surface area contributed by atoms with Crippen LogP contribution in [0, 0.1) is 0 Å². The maximum Gasteiger partial charge on any atom is 0.0595 e. The average Bonchev–Trinajstić information content (AvgIpc) is 2.18. The van der Waals surface area contributed by atoms with E-state index in [0.29, 0.717) is 15.9 Å². The van der Waals surface area contributed by atoms with Gasteiger partial charge in [-0.2, -0.15) is 0 Å². The number of benzene rings is 1. The summed E-state index contributed by atoms with van der Waals surface area (Å²) in [6, 6.07) is 5.67. The van der Waals surface area contributed by atoms with E-state index < -0.39 is 0 Å². The van der Waals surface area contributed by atoms with Gasteiger partial charge in [0.2, 0.25) is 0 Å². The molecule has 0 saturated carbocycles. The van der Waals surface area contributed by atoms with Crippen molar-refractivity contribution in [2.75, 3.05) is 5.88 Å². The van der Waals surface area contributed by atoms with Gasteiger partial charge < -0.3 is 0 Å². The van der Waals surface area contributed by atoms with Gasteiger partial charge in [0.05, 0.1) is 10.0 Å². The SMILES string of the molecule is ClCCC=CCc1ccc(Cl)c(Cl)c1. The van der Waals surface area contributed by atoms with Crippen molar-refractivity contribution in [2.45, 2.75) is 12.8 Å². The molecule has 1 rings (SSSR count). The monoisotopic (exact) mass is 248 g/mol. The average molecular weight is 250 g/mol. The zero-order valence-corrected chi connectivity index (χ0v) is 9.91. The summed E-state index contributed by atoms with van der Waals surface area (Å²) in [7, 11) is 0. The van der Waals surface area contributed by atoms with Gasteiger partial charge in [-0.05, 0) is 30.5 Å². The van der Waals surface area contributed by atoms with Gasteiger partial charge in [-0.1, -0.05) is 41.4 Å². The lowest BCUT2D eigenvalue weighted by atomic mass is 10.1. The quantitative estimate of drug-likeness (QED) is 0.535. The van der Waals surface area contributed by atoms with Gasteiger partial charge >= 0.3 is 0 Å². The van der Waals surface area contributed by atoms with Crippen molar-refractivity contribution in [1.82, 2.24) is 0 Å². The fourth-order valence-corrected chi connectivity index (χ4v) is 1.51. The minimum Gasteiger partial charge on any atom is -0.126 e. The highest BCUT2D eigenvalue weighted by atomic mass is 35.5. The summed E-state index contributed by atoms with van der Waals surface area (Å²) in [5.74, 6) is 0.665. The molecule has 0 atom stereocenters. The summed E-state index contributed by atoms with van der Waals surface area (Å²) >= 11 is 17.2. The highest BCUT2D eigenvalue weighted by Crippen LogP contribution is 2.22. The zero-order chi connectivity index (χ0) is 10.4. The molecule has 76 valence electrons. The van der Waals surface area contributed by atoms with Crippen molar-refractivity contribution in [2.24, 2.45) is 0 Å². The summed E-state index contributed by atoms with van der Waals surface area (Å²) in [6.45, 7) is 0. The lowest BCUT2D eigenvalue weighted by Crippen LogP contribution is -1.81. The van der Waals surface area contributed by atoms with Gasteiger partial charge in [0.1, 0.15) is 0 Å². The van der Waals surface area contributed by atoms with E-state index in [1.54, 1.807) is 0 Å². The maximum atomic E-state index is 5.88. The first kappa shape index (κ1) is 11.9. The molecule has 0 radical (unpaired) electrons. The van der Waals surface area contributed by atoms with E-state index >= 15 is 0 Å². The zero-order valence-electron chi connectivity index (χ0n) is 7.64. The van der Waals surface area contributed by atoms with Gasteiger partial charge in [0.25, 0.3) is 0 Å². The summed E-state index contributed by atoms with van der Waals surface area (Å²) in [6.07, 6.45) is 5.92. The Bertz CT molecular complexity index is 318. The molecule has 0 bridgehead atoms. The first-order valence-corrected chi connectivity index (χ1v) is 5.68. The van der Waals surface area contributed by atoms with Crippen LogP contribution in [0.5, 0.6) is 0 Å². The van der Waals surface area contributed by atoms with Crippen LogP contribution in [0.1, 0.15) is 12.0 Å². The minimum absolute atomic E-state index is 0.597. The summed E-state index contributed by atoms with van der Waals surface area (Å²) in [5.41, 5.74) is 1.16. The second-order valence-corrected chi connectivity index (χ2v) is 4.09. The van der Waals surface area contributed by atoms with Crippen molar-refractivity contribution >= 4 is 34.8 Å². The molecule has 0 unspecified atom stereocenters. The molecule has 0 aliphatic heterocycles. The van der Waals surface area contributed by atoms with Crippen molar-refractivity contribution in [3.8, 4) is 0 Å². The summed E-state index contributed by atoms with van der Waals surface area (Å²) in [5, 5.41) is 1.20. The largest absolute Gasteiger partial charge is 0.126 e. The van der Waals surface area contributed by atoms with Gasteiger partial charge in [-0.25, -0.2) is 0 Å². The fourth-order valence-electron chi connectivity index (χ4n) is 1.07. The Labute approximate surface area is 99.5 Å². The fraction of sp³-hybridized carbons (Fsp3) is 0.273. The van der Waals surface area contributed by atoms with Crippen molar-refractivity contribution in [1.29, 1.82) is 0 Å². The molecule has 1 aromatic rings. The second-order valence-electron chi connectivity index (χ2n) is 2.90. The predicted octanol–water partition coefficient (Wildman–Crippen LogP) is 4.72. The molecule has 0 heterocycles. The molecule has 0 N–H and O–H groups in total. The Morgan fingerprint density at radius 2 is 1.86 bits per heavy atom. The third-order valence-electron chi connectivity index (χ3n) is 1.78. The number of hydrogen-bond donors (Lipinski definition) is 0. The molecular formula is C11H11Cl3. The topological polar surface area (TPSA) is 0 Å². The van der Waals surface area contributed by atoms with Crippen LogP contribution in [0.15, 0.2) is 30.4 Å². The molecule has 0 aliphatic carbocycles. The van der Waals surface area contributed by atoms with Crippen LogP contribution >= 0.6 is 34.8 Å². The first-order chi connectivity index (χ1) is 6.74. The van der Waals surface area contributed by atoms with Crippen LogP contribution in [-0.4, -0.2) is 5.88 Å². The Hall–Kier alpha value is -0.170. The van der Waals surface area contributed by atoms with Crippen molar-refractivity contribution in [3.05, 3.63) is 46.0 Å². The van der Waals surface area contributed by atoms with E-state index in [0.717, 1.165) is 18.4 Å². The summed E-state index contributed by atoms with van der Waals surface area (Å²) < 4.78 is 0. The molecule has 0 amide bonds. The van der Waals surface area contributed by atoms with E-state index in [2.05, 4.69) is 12.2 Å². The van der Waals surface area contributed by atoms with Gasteiger partial charge in [0, 0.05) is 5.88 Å². The van der Waals surface area contributed by atoms with Crippen molar-refractivity contribution < 1.29 is 0 Å². The third kappa shape index (κ3) is 3.91. The van der Waals surface area contributed by atoms with Crippen LogP contribution in [0.2, 0.25) is 10.0 Å². The van der Waals surface area contributed by atoms with Gasteiger partial charge in [0.15, 0.2) is 0 Å². The maximum absolute atomic E-state index is 5.88. The molecule has 1 aromatic carbocycles. The molecule has 0 aliphatic rings. The number of hydrogen-bond acceptors (Lipinski definition) is 0. The smallest absolute Gasteiger partial charge is 0.0595 e. The molecular weight excluding hydrogens is 238 g/mol. The number of allylic oxidation sites excluding steroid dienone is 2. The molecule has 14 heavy (non-hydrogen) atoms. The van der Waals surface area contributed by atoms with Crippen LogP contribution in [0.25, 0.3) is 0 Å². The molecule has 0 aromatic heterocycles. The van der Waals surface area contributed by atoms with E-state index in [1.165, 1.54) is 0 Å². The molecule has 0 nitrogen and oxygen atoms in total. The van der Waals surface area contributed by atoms with E-state index in [1.807, 2.05) is 18.2 Å². The lowest BCUT2D eigenvalue weighted by Gasteiger charge is -1.99. The van der Waals surface area contributed by atoms with Crippen LogP contribution in [0.3, 0.4) is 0 Å². The Morgan fingerprint density at radius 3 is 2.50 bits per heavy atom. The van der Waals surface area contributed by atoms with Crippen LogP contribution < -0.4 is 0 Å². The lowest BCUT2D eigenvalue weighted by molar-refractivity contribution is 1.18. The van der Waals surface area contributed by atoms with Crippen LogP contribution in [0.4, 0.5) is 0 Å². The number of alkyl halides is 1. The standard InChI is InChI=1S/C11H11Cl3/c12-7-3-1-2-4-9-5-6-10(13)11(14)8-9/h1-2,5-6,8H,3-4,7H2. The number of rotatable bonds is 4. The Morgan fingerprint density at radius 1 is 1.07 bits per heavy atom. The summed E-state index contributed by atoms with van der Waals surface area (Å²) in [4.78, 5) is 0. The molecule has 0 fully saturated rings. The van der Waals surface area contributed by atoms with Gasteiger partial charge in [-0.15, -0.1) is 11.6 Å². The number of halogens is 3. The van der Waals surface area contributed by atoms with E-state index in [9.17, 15) is 0 Å². The third-order valence-corrected chi connectivity index (χ3v) is 2.74. The molecule has 0 saturated heterocycles. The minimum atomic E-state index is 0.597. The van der Waals surface area contributed by atoms with E-state index in [4.69, 9.17) is 34.8 Å². The molecule has 0 spiro atoms. The Kier molecular flexibility index (Phi) is 5.39. The van der Waals surface area contributed by atoms with Crippen LogP contribution in [-0.2, 0) is 6.42 Å². The predicted molar refractivity (Wildman–Crippen MR) is 64.6 cm³/mol. The highest BCUT2D eigenvalue weighted by Gasteiger charge is 1.97. The second kappa shape index (κ2) is 6.34. The van der Waals surface area contributed by atoms with Crippen molar-refractivity contribution in [3.63, 3.8) is 0 Å².